The Labute approximate surface area is 110 Å². The fraction of sp³-hybridized carbons (Fsp3) is 0.0714. The highest BCUT2D eigenvalue weighted by Crippen LogP contribution is 2.24. The van der Waals surface area contributed by atoms with E-state index >= 15 is 0 Å². The van der Waals surface area contributed by atoms with E-state index in [0.29, 0.717) is 28.2 Å². The molecule has 0 aliphatic carbocycles. The molecule has 5 heteroatoms. The first-order chi connectivity index (χ1) is 8.97. The number of benzene rings is 2. The van der Waals surface area contributed by atoms with E-state index in [1.54, 1.807) is 37.3 Å². The van der Waals surface area contributed by atoms with Crippen LogP contribution in [0.4, 0.5) is 21.5 Å². The maximum atomic E-state index is 13.2. The fourth-order valence-electron chi connectivity index (χ4n) is 1.76. The number of amides is 1. The molecule has 4 nitrogen and oxygen atoms in total. The number of halogens is 1. The van der Waals surface area contributed by atoms with Gasteiger partial charge in [0.05, 0.1) is 11.3 Å². The van der Waals surface area contributed by atoms with Crippen LogP contribution in [0.15, 0.2) is 36.4 Å². The monoisotopic (exact) mass is 259 g/mol. The van der Waals surface area contributed by atoms with Crippen molar-refractivity contribution in [2.45, 2.75) is 6.92 Å². The summed E-state index contributed by atoms with van der Waals surface area (Å²) in [7, 11) is 0. The first kappa shape index (κ1) is 12.9. The number of primary amides is 1. The van der Waals surface area contributed by atoms with Crippen LogP contribution in [0.5, 0.6) is 0 Å². The summed E-state index contributed by atoms with van der Waals surface area (Å²) in [6.07, 6.45) is 0. The number of carbonyl (C=O) groups is 1. The molecule has 5 N–H and O–H groups in total. The lowest BCUT2D eigenvalue weighted by molar-refractivity contribution is 0.100. The van der Waals surface area contributed by atoms with E-state index in [0.717, 1.165) is 0 Å². The van der Waals surface area contributed by atoms with E-state index in [-0.39, 0.29) is 5.82 Å². The van der Waals surface area contributed by atoms with Gasteiger partial charge < -0.3 is 16.8 Å². The van der Waals surface area contributed by atoms with Crippen molar-refractivity contribution < 1.29 is 9.18 Å². The largest absolute Gasteiger partial charge is 0.399 e. The molecule has 0 aromatic heterocycles. The molecular formula is C14H14FN3O. The number of nitrogen functional groups attached to an aromatic ring is 1. The molecule has 2 aromatic carbocycles. The summed E-state index contributed by atoms with van der Waals surface area (Å²) in [6, 6.07) is 9.34. The molecule has 0 fully saturated rings. The van der Waals surface area contributed by atoms with Gasteiger partial charge in [0.15, 0.2) is 0 Å². The molecule has 1 amide bonds. The number of hydrogen-bond acceptors (Lipinski definition) is 3. The molecule has 2 aromatic rings. The van der Waals surface area contributed by atoms with E-state index in [9.17, 15) is 9.18 Å². The van der Waals surface area contributed by atoms with Crippen LogP contribution < -0.4 is 16.8 Å². The highest BCUT2D eigenvalue weighted by atomic mass is 19.1. The topological polar surface area (TPSA) is 81.1 Å². The first-order valence-corrected chi connectivity index (χ1v) is 5.70. The van der Waals surface area contributed by atoms with Crippen molar-refractivity contribution in [1.82, 2.24) is 0 Å². The molecule has 0 radical (unpaired) electrons. The van der Waals surface area contributed by atoms with Gasteiger partial charge in [-0.25, -0.2) is 4.39 Å². The average molecular weight is 259 g/mol. The summed E-state index contributed by atoms with van der Waals surface area (Å²) in [5.41, 5.74) is 13.5. The predicted molar refractivity (Wildman–Crippen MR) is 73.8 cm³/mol. The van der Waals surface area contributed by atoms with E-state index in [1.165, 1.54) is 6.07 Å². The Morgan fingerprint density at radius 2 is 1.95 bits per heavy atom. The Kier molecular flexibility index (Phi) is 3.37. The number of aryl methyl sites for hydroxylation is 1. The molecule has 0 aliphatic heterocycles. The Balaban J connectivity index is 2.39. The summed E-state index contributed by atoms with van der Waals surface area (Å²) in [5, 5.41) is 3.02. The van der Waals surface area contributed by atoms with Gasteiger partial charge in [0.2, 0.25) is 0 Å². The SMILES string of the molecule is Cc1cc(Nc2cc(N)ccc2C(N)=O)ccc1F. The van der Waals surface area contributed by atoms with Gasteiger partial charge in [-0.2, -0.15) is 0 Å². The van der Waals surface area contributed by atoms with E-state index in [4.69, 9.17) is 11.5 Å². The molecule has 19 heavy (non-hydrogen) atoms. The maximum Gasteiger partial charge on any atom is 0.250 e. The van der Waals surface area contributed by atoms with Gasteiger partial charge in [0.1, 0.15) is 5.82 Å². The van der Waals surface area contributed by atoms with Crippen molar-refractivity contribution in [1.29, 1.82) is 0 Å². The smallest absolute Gasteiger partial charge is 0.250 e. The normalized spacial score (nSPS) is 10.2. The van der Waals surface area contributed by atoms with Gasteiger partial charge in [-0.3, -0.25) is 4.79 Å². The molecular weight excluding hydrogens is 245 g/mol. The number of carbonyl (C=O) groups excluding carboxylic acids is 1. The lowest BCUT2D eigenvalue weighted by Gasteiger charge is -2.11. The van der Waals surface area contributed by atoms with Crippen LogP contribution in [0.25, 0.3) is 0 Å². The molecule has 0 atom stereocenters. The zero-order valence-electron chi connectivity index (χ0n) is 10.4. The molecule has 98 valence electrons. The zero-order chi connectivity index (χ0) is 14.0. The summed E-state index contributed by atoms with van der Waals surface area (Å²) in [5.74, 6) is -0.838. The van der Waals surface area contributed by atoms with Crippen LogP contribution in [0.2, 0.25) is 0 Å². The number of anilines is 3. The van der Waals surface area contributed by atoms with Crippen LogP contribution in [0.3, 0.4) is 0 Å². The Bertz CT molecular complexity index is 641. The molecule has 0 bridgehead atoms. The van der Waals surface area contributed by atoms with Crippen molar-refractivity contribution in [3.05, 3.63) is 53.3 Å². The zero-order valence-corrected chi connectivity index (χ0v) is 10.4. The quantitative estimate of drug-likeness (QED) is 0.741. The maximum absolute atomic E-state index is 13.2. The predicted octanol–water partition coefficient (Wildman–Crippen LogP) is 2.56. The van der Waals surface area contributed by atoms with Crippen molar-refractivity contribution in [3.8, 4) is 0 Å². The van der Waals surface area contributed by atoms with E-state index in [1.807, 2.05) is 0 Å². The Hall–Kier alpha value is -2.56. The van der Waals surface area contributed by atoms with Gasteiger partial charge in [-0.1, -0.05) is 0 Å². The summed E-state index contributed by atoms with van der Waals surface area (Å²) in [6.45, 7) is 1.66. The van der Waals surface area contributed by atoms with Crippen LogP contribution in [0.1, 0.15) is 15.9 Å². The highest BCUT2D eigenvalue weighted by molar-refractivity contribution is 5.99. The van der Waals surface area contributed by atoms with Crippen molar-refractivity contribution in [3.63, 3.8) is 0 Å². The Morgan fingerprint density at radius 1 is 1.21 bits per heavy atom. The number of nitrogens with one attached hydrogen (secondary N) is 1. The van der Waals surface area contributed by atoms with Crippen LogP contribution in [-0.2, 0) is 0 Å². The number of nitrogens with two attached hydrogens (primary N) is 2. The van der Waals surface area contributed by atoms with Gasteiger partial charge >= 0.3 is 0 Å². The fourth-order valence-corrected chi connectivity index (χ4v) is 1.76. The second kappa shape index (κ2) is 4.97. The van der Waals surface area contributed by atoms with Crippen molar-refractivity contribution in [2.24, 2.45) is 5.73 Å². The summed E-state index contributed by atoms with van der Waals surface area (Å²) >= 11 is 0. The van der Waals surface area contributed by atoms with Gasteiger partial charge in [-0.05, 0) is 48.9 Å². The molecule has 0 unspecified atom stereocenters. The molecule has 0 aliphatic rings. The summed E-state index contributed by atoms with van der Waals surface area (Å²) in [4.78, 5) is 11.3. The lowest BCUT2D eigenvalue weighted by Crippen LogP contribution is -2.13. The van der Waals surface area contributed by atoms with Gasteiger partial charge in [0, 0.05) is 11.4 Å². The second-order valence-corrected chi connectivity index (χ2v) is 4.26. The van der Waals surface area contributed by atoms with Crippen molar-refractivity contribution in [2.75, 3.05) is 11.1 Å². The molecule has 0 saturated heterocycles. The van der Waals surface area contributed by atoms with Crippen LogP contribution in [0, 0.1) is 12.7 Å². The van der Waals surface area contributed by atoms with Crippen LogP contribution >= 0.6 is 0 Å². The van der Waals surface area contributed by atoms with E-state index < -0.39 is 5.91 Å². The molecule has 2 rings (SSSR count). The summed E-state index contributed by atoms with van der Waals surface area (Å²) < 4.78 is 13.2. The minimum Gasteiger partial charge on any atom is -0.399 e. The molecule has 0 saturated carbocycles. The standard InChI is InChI=1S/C14H14FN3O/c1-8-6-10(3-5-12(8)15)18-13-7-9(16)2-4-11(13)14(17)19/h2-7,18H,16H2,1H3,(H2,17,19). The average Bonchev–Trinajstić information content (AvgIpc) is 2.33. The molecule has 0 spiro atoms. The van der Waals surface area contributed by atoms with E-state index in [2.05, 4.69) is 5.32 Å². The Morgan fingerprint density at radius 3 is 2.58 bits per heavy atom. The number of rotatable bonds is 3. The highest BCUT2D eigenvalue weighted by Gasteiger charge is 2.09. The third-order valence-electron chi connectivity index (χ3n) is 2.75. The van der Waals surface area contributed by atoms with Gasteiger partial charge in [0.25, 0.3) is 5.91 Å². The third kappa shape index (κ3) is 2.82. The first-order valence-electron chi connectivity index (χ1n) is 5.70. The minimum atomic E-state index is -0.554. The number of hydrogen-bond donors (Lipinski definition) is 3. The van der Waals surface area contributed by atoms with Gasteiger partial charge in [-0.15, -0.1) is 0 Å². The molecule has 0 heterocycles. The third-order valence-corrected chi connectivity index (χ3v) is 2.75. The lowest BCUT2D eigenvalue weighted by atomic mass is 10.1. The minimum absolute atomic E-state index is 0.284. The van der Waals surface area contributed by atoms with Crippen molar-refractivity contribution >= 4 is 23.0 Å². The second-order valence-electron chi connectivity index (χ2n) is 4.26. The van der Waals surface area contributed by atoms with Crippen LogP contribution in [-0.4, -0.2) is 5.91 Å².